The number of nitrogens with zero attached hydrogens (tertiary/aromatic N) is 2. The number of anilines is 1. The molecule has 1 fully saturated rings. The van der Waals surface area contributed by atoms with Crippen LogP contribution < -0.4 is 11.1 Å². The molecule has 24 heavy (non-hydrogen) atoms. The van der Waals surface area contributed by atoms with Crippen molar-refractivity contribution in [3.8, 4) is 0 Å². The van der Waals surface area contributed by atoms with Crippen LogP contribution in [0.2, 0.25) is 0 Å². The number of hydrogen-bond donors (Lipinski definition) is 2. The molecular weight excluding hydrogens is 296 g/mol. The van der Waals surface area contributed by atoms with Crippen LogP contribution in [0.15, 0.2) is 48.5 Å². The second-order valence-corrected chi connectivity index (χ2v) is 6.70. The molecule has 2 aromatic carbocycles. The van der Waals surface area contributed by atoms with E-state index in [2.05, 4.69) is 52.5 Å². The van der Waals surface area contributed by atoms with Crippen molar-refractivity contribution in [1.82, 2.24) is 15.1 Å². The molecule has 0 aromatic heterocycles. The molecule has 0 aliphatic carbocycles. The van der Waals surface area contributed by atoms with Gasteiger partial charge in [-0.1, -0.05) is 42.5 Å². The van der Waals surface area contributed by atoms with Crippen molar-refractivity contribution in [3.05, 3.63) is 65.2 Å². The van der Waals surface area contributed by atoms with E-state index in [0.717, 1.165) is 44.0 Å². The number of para-hydroxylation sites is 1. The number of nitrogen functional groups attached to an aromatic ring is 1. The van der Waals surface area contributed by atoms with E-state index in [9.17, 15) is 0 Å². The second-order valence-electron chi connectivity index (χ2n) is 6.70. The minimum Gasteiger partial charge on any atom is -0.398 e. The van der Waals surface area contributed by atoms with Crippen molar-refractivity contribution in [2.24, 2.45) is 0 Å². The van der Waals surface area contributed by atoms with Crippen molar-refractivity contribution in [2.75, 3.05) is 39.0 Å². The van der Waals surface area contributed by atoms with E-state index in [1.54, 1.807) is 0 Å². The highest BCUT2D eigenvalue weighted by Crippen LogP contribution is 2.12. The molecule has 2 aromatic rings. The summed E-state index contributed by atoms with van der Waals surface area (Å²) >= 11 is 0. The fourth-order valence-corrected chi connectivity index (χ4v) is 3.06. The number of nitrogens with one attached hydrogen (secondary N) is 1. The highest BCUT2D eigenvalue weighted by atomic mass is 15.2. The first-order chi connectivity index (χ1) is 11.7. The van der Waals surface area contributed by atoms with E-state index in [0.29, 0.717) is 0 Å². The standard InChI is InChI=1S/C20H28N4/c1-23-10-12-24(13-11-23)16-18-8-6-17(7-9-18)14-22-15-19-4-2-3-5-20(19)21/h2-9,22H,10-16,21H2,1H3. The minimum absolute atomic E-state index is 0.801. The maximum absolute atomic E-state index is 5.97. The average molecular weight is 324 g/mol. The van der Waals surface area contributed by atoms with E-state index < -0.39 is 0 Å². The summed E-state index contributed by atoms with van der Waals surface area (Å²) in [6.07, 6.45) is 0. The number of likely N-dealkylation sites (N-methyl/N-ethyl adjacent to an activating group) is 1. The van der Waals surface area contributed by atoms with Gasteiger partial charge in [0.2, 0.25) is 0 Å². The Morgan fingerprint density at radius 2 is 1.54 bits per heavy atom. The molecule has 0 atom stereocenters. The van der Waals surface area contributed by atoms with Gasteiger partial charge in [0.25, 0.3) is 0 Å². The molecule has 1 heterocycles. The Labute approximate surface area is 145 Å². The zero-order valence-electron chi connectivity index (χ0n) is 14.5. The summed E-state index contributed by atoms with van der Waals surface area (Å²) in [5, 5.41) is 3.47. The Morgan fingerprint density at radius 3 is 2.25 bits per heavy atom. The lowest BCUT2D eigenvalue weighted by Crippen LogP contribution is -2.43. The number of hydrogen-bond acceptors (Lipinski definition) is 4. The van der Waals surface area contributed by atoms with Crippen LogP contribution in [-0.4, -0.2) is 43.0 Å². The van der Waals surface area contributed by atoms with Gasteiger partial charge in [-0.3, -0.25) is 4.90 Å². The number of nitrogens with two attached hydrogens (primary N) is 1. The van der Waals surface area contributed by atoms with Crippen LogP contribution in [0.3, 0.4) is 0 Å². The van der Waals surface area contributed by atoms with Crippen molar-refractivity contribution < 1.29 is 0 Å². The SMILES string of the molecule is CN1CCN(Cc2ccc(CNCc3ccccc3N)cc2)CC1. The molecule has 3 N–H and O–H groups in total. The van der Waals surface area contributed by atoms with Gasteiger partial charge in [-0.15, -0.1) is 0 Å². The van der Waals surface area contributed by atoms with Crippen LogP contribution in [-0.2, 0) is 19.6 Å². The fraction of sp³-hybridized carbons (Fsp3) is 0.400. The first-order valence-electron chi connectivity index (χ1n) is 8.73. The van der Waals surface area contributed by atoms with E-state index in [4.69, 9.17) is 5.73 Å². The predicted molar refractivity (Wildman–Crippen MR) is 101 cm³/mol. The maximum Gasteiger partial charge on any atom is 0.0359 e. The van der Waals surface area contributed by atoms with Gasteiger partial charge < -0.3 is 16.0 Å². The lowest BCUT2D eigenvalue weighted by Gasteiger charge is -2.32. The van der Waals surface area contributed by atoms with E-state index in [1.807, 2.05) is 18.2 Å². The van der Waals surface area contributed by atoms with Crippen LogP contribution in [0.25, 0.3) is 0 Å². The Bertz CT molecular complexity index is 630. The molecule has 0 bridgehead atoms. The number of benzene rings is 2. The molecule has 1 aliphatic heterocycles. The zero-order chi connectivity index (χ0) is 16.8. The van der Waals surface area contributed by atoms with Gasteiger partial charge in [0.05, 0.1) is 0 Å². The van der Waals surface area contributed by atoms with E-state index >= 15 is 0 Å². The van der Waals surface area contributed by atoms with Gasteiger partial charge in [0.1, 0.15) is 0 Å². The van der Waals surface area contributed by atoms with Gasteiger partial charge in [0, 0.05) is 51.5 Å². The Balaban J connectivity index is 1.45. The molecule has 0 saturated carbocycles. The van der Waals surface area contributed by atoms with Gasteiger partial charge in [-0.2, -0.15) is 0 Å². The molecule has 4 nitrogen and oxygen atoms in total. The quantitative estimate of drug-likeness (QED) is 0.801. The highest BCUT2D eigenvalue weighted by molar-refractivity contribution is 5.46. The van der Waals surface area contributed by atoms with E-state index in [-0.39, 0.29) is 0 Å². The molecule has 0 amide bonds. The van der Waals surface area contributed by atoms with Crippen LogP contribution in [0, 0.1) is 0 Å². The summed E-state index contributed by atoms with van der Waals surface area (Å²) < 4.78 is 0. The Kier molecular flexibility index (Phi) is 5.86. The summed E-state index contributed by atoms with van der Waals surface area (Å²) in [4.78, 5) is 4.93. The van der Waals surface area contributed by atoms with Gasteiger partial charge in [0.15, 0.2) is 0 Å². The highest BCUT2D eigenvalue weighted by Gasteiger charge is 2.13. The third kappa shape index (κ3) is 4.81. The summed E-state index contributed by atoms with van der Waals surface area (Å²) in [5.41, 5.74) is 10.7. The average Bonchev–Trinajstić information content (AvgIpc) is 2.60. The molecule has 0 radical (unpaired) electrons. The fourth-order valence-electron chi connectivity index (χ4n) is 3.06. The molecule has 3 rings (SSSR count). The molecule has 0 unspecified atom stereocenters. The number of rotatable bonds is 6. The lowest BCUT2D eigenvalue weighted by atomic mass is 10.1. The van der Waals surface area contributed by atoms with Crippen LogP contribution in [0.5, 0.6) is 0 Å². The third-order valence-electron chi connectivity index (χ3n) is 4.72. The largest absolute Gasteiger partial charge is 0.398 e. The van der Waals surface area contributed by atoms with Crippen LogP contribution in [0.1, 0.15) is 16.7 Å². The first kappa shape index (κ1) is 17.0. The smallest absolute Gasteiger partial charge is 0.0359 e. The molecule has 4 heteroatoms. The molecule has 1 saturated heterocycles. The normalized spacial score (nSPS) is 16.4. The number of piperazine rings is 1. The summed E-state index contributed by atoms with van der Waals surface area (Å²) in [7, 11) is 2.20. The van der Waals surface area contributed by atoms with E-state index in [1.165, 1.54) is 24.2 Å². The topological polar surface area (TPSA) is 44.5 Å². The monoisotopic (exact) mass is 324 g/mol. The summed E-state index contributed by atoms with van der Waals surface area (Å²) in [5.74, 6) is 0. The molecule has 1 aliphatic rings. The second kappa shape index (κ2) is 8.29. The minimum atomic E-state index is 0.801. The van der Waals surface area contributed by atoms with Gasteiger partial charge in [-0.25, -0.2) is 0 Å². The summed E-state index contributed by atoms with van der Waals surface area (Å²) in [6.45, 7) is 7.40. The molecule has 0 spiro atoms. The third-order valence-corrected chi connectivity index (χ3v) is 4.72. The maximum atomic E-state index is 5.97. The first-order valence-corrected chi connectivity index (χ1v) is 8.73. The van der Waals surface area contributed by atoms with Crippen molar-refractivity contribution in [3.63, 3.8) is 0 Å². The zero-order valence-corrected chi connectivity index (χ0v) is 14.5. The van der Waals surface area contributed by atoms with Crippen LogP contribution >= 0.6 is 0 Å². The predicted octanol–water partition coefficient (Wildman–Crippen LogP) is 2.31. The Hall–Kier alpha value is -1.88. The van der Waals surface area contributed by atoms with Crippen LogP contribution in [0.4, 0.5) is 5.69 Å². The van der Waals surface area contributed by atoms with Crippen molar-refractivity contribution >= 4 is 5.69 Å². The Morgan fingerprint density at radius 1 is 0.875 bits per heavy atom. The summed E-state index contributed by atoms with van der Waals surface area (Å²) in [6, 6.07) is 17.0. The molecular formula is C20H28N4. The lowest BCUT2D eigenvalue weighted by molar-refractivity contribution is 0.148. The van der Waals surface area contributed by atoms with Gasteiger partial charge in [-0.05, 0) is 29.8 Å². The van der Waals surface area contributed by atoms with Crippen molar-refractivity contribution in [1.29, 1.82) is 0 Å². The molecule has 128 valence electrons. The van der Waals surface area contributed by atoms with Crippen molar-refractivity contribution in [2.45, 2.75) is 19.6 Å². The van der Waals surface area contributed by atoms with Gasteiger partial charge >= 0.3 is 0 Å².